The van der Waals surface area contributed by atoms with Crippen molar-refractivity contribution in [2.45, 2.75) is 39.7 Å². The lowest BCUT2D eigenvalue weighted by Crippen LogP contribution is -2.46. The van der Waals surface area contributed by atoms with E-state index in [9.17, 15) is 9.59 Å². The van der Waals surface area contributed by atoms with Gasteiger partial charge in [-0.15, -0.1) is 0 Å². The largest absolute Gasteiger partial charge is 0.494 e. The number of benzene rings is 1. The molecule has 0 heterocycles. The van der Waals surface area contributed by atoms with E-state index in [4.69, 9.17) is 14.6 Å². The summed E-state index contributed by atoms with van der Waals surface area (Å²) >= 11 is 0. The minimum absolute atomic E-state index is 0.147. The van der Waals surface area contributed by atoms with Crippen LogP contribution in [-0.4, -0.2) is 36.2 Å². The first-order valence-corrected chi connectivity index (χ1v) is 7.85. The summed E-state index contributed by atoms with van der Waals surface area (Å²) in [6.45, 7) is 6.12. The highest BCUT2D eigenvalue weighted by molar-refractivity contribution is 5.84. The smallest absolute Gasteiger partial charge is 0.326 e. The highest BCUT2D eigenvalue weighted by Crippen LogP contribution is 2.17. The van der Waals surface area contributed by atoms with Gasteiger partial charge >= 0.3 is 5.97 Å². The molecule has 6 nitrogen and oxygen atoms in total. The molecule has 2 atom stereocenters. The zero-order chi connectivity index (χ0) is 17.2. The maximum atomic E-state index is 11.8. The monoisotopic (exact) mass is 323 g/mol. The third kappa shape index (κ3) is 6.59. The van der Waals surface area contributed by atoms with Gasteiger partial charge in [0.25, 0.3) is 5.91 Å². The van der Waals surface area contributed by atoms with Gasteiger partial charge in [-0.1, -0.05) is 27.2 Å². The van der Waals surface area contributed by atoms with Crippen LogP contribution in [0.5, 0.6) is 11.5 Å². The van der Waals surface area contributed by atoms with Gasteiger partial charge in [-0.25, -0.2) is 4.79 Å². The summed E-state index contributed by atoms with van der Waals surface area (Å²) in [5.74, 6) is -0.369. The minimum Gasteiger partial charge on any atom is -0.494 e. The maximum Gasteiger partial charge on any atom is 0.326 e. The number of carboxylic acids is 1. The summed E-state index contributed by atoms with van der Waals surface area (Å²) in [5, 5.41) is 11.6. The van der Waals surface area contributed by atoms with Gasteiger partial charge in [0.15, 0.2) is 6.61 Å². The molecule has 0 saturated carbocycles. The van der Waals surface area contributed by atoms with Crippen molar-refractivity contribution >= 4 is 11.9 Å². The van der Waals surface area contributed by atoms with Crippen LogP contribution >= 0.6 is 0 Å². The molecule has 23 heavy (non-hydrogen) atoms. The van der Waals surface area contributed by atoms with Gasteiger partial charge in [-0.2, -0.15) is 0 Å². The number of nitrogens with one attached hydrogen (secondary N) is 1. The van der Waals surface area contributed by atoms with Gasteiger partial charge in [0.1, 0.15) is 17.5 Å². The molecule has 0 aliphatic rings. The summed E-state index contributed by atoms with van der Waals surface area (Å²) < 4.78 is 10.8. The highest BCUT2D eigenvalue weighted by atomic mass is 16.5. The Bertz CT molecular complexity index is 500. The molecule has 0 saturated heterocycles. The van der Waals surface area contributed by atoms with E-state index >= 15 is 0 Å². The number of carbonyl (C=O) groups is 2. The van der Waals surface area contributed by atoms with Crippen LogP contribution in [-0.2, 0) is 9.59 Å². The molecule has 1 amide bonds. The fraction of sp³-hybridized carbons (Fsp3) is 0.529. The van der Waals surface area contributed by atoms with Crippen LogP contribution in [0, 0.1) is 5.92 Å². The SMILES string of the molecule is CCCOc1ccc(OCC(=O)NC(C(=O)O)C(C)CC)cc1. The second-order valence-corrected chi connectivity index (χ2v) is 5.38. The Morgan fingerprint density at radius 2 is 1.70 bits per heavy atom. The lowest BCUT2D eigenvalue weighted by atomic mass is 9.99. The first-order valence-electron chi connectivity index (χ1n) is 7.85. The molecule has 0 fully saturated rings. The average Bonchev–Trinajstić information content (AvgIpc) is 2.55. The zero-order valence-electron chi connectivity index (χ0n) is 13.9. The van der Waals surface area contributed by atoms with Gasteiger partial charge in [-0.05, 0) is 36.6 Å². The molecule has 2 unspecified atom stereocenters. The van der Waals surface area contributed by atoms with E-state index in [0.29, 0.717) is 18.8 Å². The van der Waals surface area contributed by atoms with Gasteiger partial charge in [0.05, 0.1) is 6.61 Å². The number of aliphatic carboxylic acids is 1. The molecule has 0 aliphatic heterocycles. The Balaban J connectivity index is 2.47. The van der Waals surface area contributed by atoms with Gasteiger partial charge in [0, 0.05) is 0 Å². The van der Waals surface area contributed by atoms with E-state index in [0.717, 1.165) is 12.2 Å². The number of amides is 1. The van der Waals surface area contributed by atoms with Crippen LogP contribution < -0.4 is 14.8 Å². The van der Waals surface area contributed by atoms with E-state index in [1.165, 1.54) is 0 Å². The molecule has 0 radical (unpaired) electrons. The second kappa shape index (κ2) is 9.71. The lowest BCUT2D eigenvalue weighted by Gasteiger charge is -2.20. The molecule has 1 aromatic carbocycles. The summed E-state index contributed by atoms with van der Waals surface area (Å²) in [6.07, 6.45) is 1.59. The minimum atomic E-state index is -1.04. The fourth-order valence-electron chi connectivity index (χ4n) is 1.90. The molecule has 6 heteroatoms. The van der Waals surface area contributed by atoms with Crippen molar-refractivity contribution in [1.82, 2.24) is 5.32 Å². The topological polar surface area (TPSA) is 84.9 Å². The molecule has 0 spiro atoms. The van der Waals surface area contributed by atoms with Crippen molar-refractivity contribution in [2.75, 3.05) is 13.2 Å². The third-order valence-corrected chi connectivity index (χ3v) is 3.46. The van der Waals surface area contributed by atoms with Crippen molar-refractivity contribution in [3.05, 3.63) is 24.3 Å². The Labute approximate surface area is 136 Å². The standard InChI is InChI=1S/C17H25NO5/c1-4-10-22-13-6-8-14(9-7-13)23-11-15(19)18-16(17(20)21)12(3)5-2/h6-9,12,16H,4-5,10-11H2,1-3H3,(H,18,19)(H,20,21). The molecule has 0 aromatic heterocycles. The zero-order valence-corrected chi connectivity index (χ0v) is 13.9. The maximum absolute atomic E-state index is 11.8. The summed E-state index contributed by atoms with van der Waals surface area (Å²) in [7, 11) is 0. The molecule has 0 bridgehead atoms. The number of carbonyl (C=O) groups excluding carboxylic acids is 1. The number of carboxylic acid groups (broad SMARTS) is 1. The van der Waals surface area contributed by atoms with Crippen molar-refractivity contribution in [1.29, 1.82) is 0 Å². The van der Waals surface area contributed by atoms with Crippen molar-refractivity contribution in [2.24, 2.45) is 5.92 Å². The van der Waals surface area contributed by atoms with Crippen molar-refractivity contribution < 1.29 is 24.2 Å². The number of hydrogen-bond donors (Lipinski definition) is 2. The molecular weight excluding hydrogens is 298 g/mol. The normalized spacial score (nSPS) is 13.0. The first kappa shape index (κ1) is 18.8. The van der Waals surface area contributed by atoms with Gasteiger partial charge in [0.2, 0.25) is 0 Å². The third-order valence-electron chi connectivity index (χ3n) is 3.46. The van der Waals surface area contributed by atoms with Crippen LogP contribution in [0.4, 0.5) is 0 Å². The number of ether oxygens (including phenoxy) is 2. The average molecular weight is 323 g/mol. The summed E-state index contributed by atoms with van der Waals surface area (Å²) in [6, 6.07) is 6.05. The summed E-state index contributed by atoms with van der Waals surface area (Å²) in [4.78, 5) is 23.0. The van der Waals surface area contributed by atoms with Crippen molar-refractivity contribution in [3.8, 4) is 11.5 Å². The van der Waals surface area contributed by atoms with E-state index in [1.807, 2.05) is 13.8 Å². The van der Waals surface area contributed by atoms with E-state index in [-0.39, 0.29) is 12.5 Å². The molecule has 1 rings (SSSR count). The molecule has 128 valence electrons. The fourth-order valence-corrected chi connectivity index (χ4v) is 1.90. The quantitative estimate of drug-likeness (QED) is 0.691. The van der Waals surface area contributed by atoms with Crippen LogP contribution in [0.1, 0.15) is 33.6 Å². The first-order chi connectivity index (χ1) is 11.0. The summed E-state index contributed by atoms with van der Waals surface area (Å²) in [5.41, 5.74) is 0. The molecule has 0 aliphatic carbocycles. The second-order valence-electron chi connectivity index (χ2n) is 5.38. The van der Waals surface area contributed by atoms with E-state index in [2.05, 4.69) is 5.32 Å². The predicted molar refractivity (Wildman–Crippen MR) is 86.7 cm³/mol. The Morgan fingerprint density at radius 1 is 1.13 bits per heavy atom. The van der Waals surface area contributed by atoms with Crippen LogP contribution in [0.25, 0.3) is 0 Å². The van der Waals surface area contributed by atoms with E-state index in [1.54, 1.807) is 31.2 Å². The Hall–Kier alpha value is -2.24. The molecule has 2 N–H and O–H groups in total. The van der Waals surface area contributed by atoms with Crippen LogP contribution in [0.2, 0.25) is 0 Å². The molecular formula is C17H25NO5. The predicted octanol–water partition coefficient (Wildman–Crippen LogP) is 2.47. The number of rotatable bonds is 10. The Kier molecular flexibility index (Phi) is 7.94. The van der Waals surface area contributed by atoms with Crippen LogP contribution in [0.15, 0.2) is 24.3 Å². The van der Waals surface area contributed by atoms with Gasteiger partial charge < -0.3 is 19.9 Å². The van der Waals surface area contributed by atoms with Crippen LogP contribution in [0.3, 0.4) is 0 Å². The number of hydrogen-bond acceptors (Lipinski definition) is 4. The molecule has 1 aromatic rings. The van der Waals surface area contributed by atoms with Gasteiger partial charge in [-0.3, -0.25) is 4.79 Å². The highest BCUT2D eigenvalue weighted by Gasteiger charge is 2.25. The lowest BCUT2D eigenvalue weighted by molar-refractivity contribution is -0.143. The van der Waals surface area contributed by atoms with Crippen molar-refractivity contribution in [3.63, 3.8) is 0 Å². The van der Waals surface area contributed by atoms with E-state index < -0.39 is 17.9 Å². The Morgan fingerprint density at radius 3 is 2.17 bits per heavy atom.